The number of fused-ring (bicyclic) bond motifs is 1. The molecule has 3 nitrogen and oxygen atoms in total. The van der Waals surface area contributed by atoms with Crippen LogP contribution in [0.2, 0.25) is 0 Å². The molecule has 2 heterocycles. The second-order valence-electron chi connectivity index (χ2n) is 4.70. The molecule has 0 N–H and O–H groups in total. The van der Waals surface area contributed by atoms with Gasteiger partial charge in [0.25, 0.3) is 0 Å². The summed E-state index contributed by atoms with van der Waals surface area (Å²) in [5, 5.41) is 0. The molecule has 2 aromatic heterocycles. The molecule has 0 unspecified atom stereocenters. The number of imidazole rings is 1. The molecular formula is C15H14ClN3. The Hall–Kier alpha value is -1.87. The van der Waals surface area contributed by atoms with Crippen LogP contribution in [0.25, 0.3) is 16.9 Å². The molecule has 19 heavy (non-hydrogen) atoms. The summed E-state index contributed by atoms with van der Waals surface area (Å²) in [5.74, 6) is 1.34. The zero-order valence-electron chi connectivity index (χ0n) is 10.9. The quantitative estimate of drug-likeness (QED) is 0.664. The first-order chi connectivity index (χ1) is 9.19. The third-order valence-corrected chi connectivity index (χ3v) is 3.68. The van der Waals surface area contributed by atoms with E-state index in [1.807, 2.05) is 23.0 Å². The van der Waals surface area contributed by atoms with Gasteiger partial charge in [-0.1, -0.05) is 6.07 Å². The molecular weight excluding hydrogens is 258 g/mol. The van der Waals surface area contributed by atoms with E-state index in [0.29, 0.717) is 5.88 Å². The number of halogens is 1. The SMILES string of the molecule is Cc1cc2ncn(-c3ccc(CCl)cn3)c2cc1C. The molecule has 0 atom stereocenters. The lowest BCUT2D eigenvalue weighted by atomic mass is 10.1. The van der Waals surface area contributed by atoms with Gasteiger partial charge in [-0.15, -0.1) is 11.6 Å². The van der Waals surface area contributed by atoms with Gasteiger partial charge < -0.3 is 0 Å². The molecule has 0 amide bonds. The Balaban J connectivity index is 2.16. The lowest BCUT2D eigenvalue weighted by molar-refractivity contribution is 1.01. The number of aryl methyl sites for hydroxylation is 2. The Morgan fingerprint density at radius 1 is 1.11 bits per heavy atom. The van der Waals surface area contributed by atoms with E-state index in [0.717, 1.165) is 22.4 Å². The van der Waals surface area contributed by atoms with Crippen LogP contribution in [0, 0.1) is 13.8 Å². The van der Waals surface area contributed by atoms with E-state index in [1.54, 1.807) is 6.20 Å². The van der Waals surface area contributed by atoms with E-state index in [4.69, 9.17) is 11.6 Å². The molecule has 0 saturated heterocycles. The maximum Gasteiger partial charge on any atom is 0.138 e. The first-order valence-electron chi connectivity index (χ1n) is 6.14. The molecule has 0 saturated carbocycles. The van der Waals surface area contributed by atoms with Crippen molar-refractivity contribution in [1.29, 1.82) is 0 Å². The van der Waals surface area contributed by atoms with E-state index in [2.05, 4.69) is 35.9 Å². The van der Waals surface area contributed by atoms with Crippen LogP contribution < -0.4 is 0 Å². The van der Waals surface area contributed by atoms with Gasteiger partial charge in [-0.05, 0) is 48.7 Å². The molecule has 0 fully saturated rings. The highest BCUT2D eigenvalue weighted by Gasteiger charge is 2.07. The van der Waals surface area contributed by atoms with Gasteiger partial charge in [0.05, 0.1) is 11.0 Å². The highest BCUT2D eigenvalue weighted by Crippen LogP contribution is 2.21. The summed E-state index contributed by atoms with van der Waals surface area (Å²) in [5.41, 5.74) is 5.59. The normalized spacial score (nSPS) is 11.1. The van der Waals surface area contributed by atoms with Gasteiger partial charge in [0.15, 0.2) is 0 Å². The predicted octanol–water partition coefficient (Wildman–Crippen LogP) is 3.78. The van der Waals surface area contributed by atoms with Crippen LogP contribution in [0.5, 0.6) is 0 Å². The fourth-order valence-electron chi connectivity index (χ4n) is 2.09. The van der Waals surface area contributed by atoms with E-state index in [1.165, 1.54) is 11.1 Å². The van der Waals surface area contributed by atoms with Gasteiger partial charge in [-0.25, -0.2) is 9.97 Å². The van der Waals surface area contributed by atoms with Crippen molar-refractivity contribution in [2.24, 2.45) is 0 Å². The van der Waals surface area contributed by atoms with Crippen LogP contribution in [-0.2, 0) is 5.88 Å². The third-order valence-electron chi connectivity index (χ3n) is 3.37. The topological polar surface area (TPSA) is 30.7 Å². The first kappa shape index (κ1) is 12.2. The smallest absolute Gasteiger partial charge is 0.138 e. The minimum atomic E-state index is 0.482. The maximum atomic E-state index is 5.78. The predicted molar refractivity (Wildman–Crippen MR) is 77.9 cm³/mol. The molecule has 0 spiro atoms. The summed E-state index contributed by atoms with van der Waals surface area (Å²) in [7, 11) is 0. The van der Waals surface area contributed by atoms with Crippen molar-refractivity contribution in [2.45, 2.75) is 19.7 Å². The summed E-state index contributed by atoms with van der Waals surface area (Å²) < 4.78 is 2.00. The minimum Gasteiger partial charge on any atom is -0.283 e. The Morgan fingerprint density at radius 3 is 2.58 bits per heavy atom. The van der Waals surface area contributed by atoms with Gasteiger partial charge in [0, 0.05) is 12.1 Å². The number of alkyl halides is 1. The molecule has 0 bridgehead atoms. The van der Waals surface area contributed by atoms with Gasteiger partial charge in [0.1, 0.15) is 12.1 Å². The Morgan fingerprint density at radius 2 is 1.89 bits per heavy atom. The summed E-state index contributed by atoms with van der Waals surface area (Å²) in [4.78, 5) is 8.87. The van der Waals surface area contributed by atoms with Crippen LogP contribution >= 0.6 is 11.6 Å². The number of aromatic nitrogens is 3. The molecule has 0 radical (unpaired) electrons. The standard InChI is InChI=1S/C15H14ClN3/c1-10-5-13-14(6-11(10)2)19(9-18-13)15-4-3-12(7-16)8-17-15/h3-6,8-9H,7H2,1-2H3. The van der Waals surface area contributed by atoms with Crippen molar-refractivity contribution in [3.05, 3.63) is 53.5 Å². The number of benzene rings is 1. The largest absolute Gasteiger partial charge is 0.283 e. The molecule has 4 heteroatoms. The maximum absolute atomic E-state index is 5.78. The van der Waals surface area contributed by atoms with Crippen molar-refractivity contribution >= 4 is 22.6 Å². The zero-order chi connectivity index (χ0) is 13.4. The van der Waals surface area contributed by atoms with Gasteiger partial charge in [-0.3, -0.25) is 4.57 Å². The molecule has 3 aromatic rings. The summed E-state index contributed by atoms with van der Waals surface area (Å²) in [6, 6.07) is 8.21. The third kappa shape index (κ3) is 2.10. The molecule has 3 rings (SSSR count). The first-order valence-corrected chi connectivity index (χ1v) is 6.68. The van der Waals surface area contributed by atoms with Crippen LogP contribution in [0.15, 0.2) is 36.8 Å². The fourth-order valence-corrected chi connectivity index (χ4v) is 2.24. The highest BCUT2D eigenvalue weighted by molar-refractivity contribution is 6.17. The van der Waals surface area contributed by atoms with E-state index < -0.39 is 0 Å². The van der Waals surface area contributed by atoms with Gasteiger partial charge >= 0.3 is 0 Å². The molecule has 96 valence electrons. The number of hydrogen-bond donors (Lipinski definition) is 0. The van der Waals surface area contributed by atoms with Crippen molar-refractivity contribution in [3.8, 4) is 5.82 Å². The van der Waals surface area contributed by atoms with E-state index >= 15 is 0 Å². The van der Waals surface area contributed by atoms with Gasteiger partial charge in [-0.2, -0.15) is 0 Å². The Labute approximate surface area is 116 Å². The molecule has 0 aliphatic carbocycles. The Kier molecular flexibility index (Phi) is 2.99. The average Bonchev–Trinajstić information content (AvgIpc) is 2.82. The fraction of sp³-hybridized carbons (Fsp3) is 0.200. The van der Waals surface area contributed by atoms with Crippen molar-refractivity contribution in [1.82, 2.24) is 14.5 Å². The number of pyridine rings is 1. The number of hydrogen-bond acceptors (Lipinski definition) is 2. The van der Waals surface area contributed by atoms with Crippen LogP contribution in [0.3, 0.4) is 0 Å². The van der Waals surface area contributed by atoms with Crippen LogP contribution in [0.4, 0.5) is 0 Å². The Bertz CT molecular complexity index is 729. The summed E-state index contributed by atoms with van der Waals surface area (Å²) in [6.07, 6.45) is 3.61. The molecule has 1 aromatic carbocycles. The highest BCUT2D eigenvalue weighted by atomic mass is 35.5. The number of nitrogens with zero attached hydrogens (tertiary/aromatic N) is 3. The van der Waals surface area contributed by atoms with Crippen molar-refractivity contribution in [2.75, 3.05) is 0 Å². The van der Waals surface area contributed by atoms with Crippen LogP contribution in [0.1, 0.15) is 16.7 Å². The second-order valence-corrected chi connectivity index (χ2v) is 4.97. The minimum absolute atomic E-state index is 0.482. The summed E-state index contributed by atoms with van der Waals surface area (Å²) >= 11 is 5.78. The molecule has 0 aliphatic heterocycles. The monoisotopic (exact) mass is 271 g/mol. The summed E-state index contributed by atoms with van der Waals surface area (Å²) in [6.45, 7) is 4.21. The number of rotatable bonds is 2. The zero-order valence-corrected chi connectivity index (χ0v) is 11.6. The van der Waals surface area contributed by atoms with Crippen molar-refractivity contribution < 1.29 is 0 Å². The molecule has 0 aliphatic rings. The average molecular weight is 272 g/mol. The van der Waals surface area contributed by atoms with Crippen LogP contribution in [-0.4, -0.2) is 14.5 Å². The van der Waals surface area contributed by atoms with Gasteiger partial charge in [0.2, 0.25) is 0 Å². The lowest BCUT2D eigenvalue weighted by Gasteiger charge is -2.05. The second kappa shape index (κ2) is 4.67. The lowest BCUT2D eigenvalue weighted by Crippen LogP contribution is -1.96. The van der Waals surface area contributed by atoms with E-state index in [9.17, 15) is 0 Å². The van der Waals surface area contributed by atoms with Crippen molar-refractivity contribution in [3.63, 3.8) is 0 Å². The van der Waals surface area contributed by atoms with E-state index in [-0.39, 0.29) is 0 Å².